The second-order valence-electron chi connectivity index (χ2n) is 4.27. The average Bonchev–Trinajstić information content (AvgIpc) is 2.46. The van der Waals surface area contributed by atoms with Gasteiger partial charge in [0.05, 0.1) is 6.04 Å². The molecule has 4 heteroatoms. The van der Waals surface area contributed by atoms with E-state index >= 15 is 0 Å². The molecule has 0 fully saturated rings. The average molecular weight is 262 g/mol. The van der Waals surface area contributed by atoms with Crippen molar-refractivity contribution in [2.75, 3.05) is 11.9 Å². The van der Waals surface area contributed by atoms with Crippen molar-refractivity contribution in [3.8, 4) is 0 Å². The Balaban J connectivity index is 2.13. The Kier molecular flexibility index (Phi) is 4.47. The molecule has 0 aliphatic heterocycles. The number of hydrogen-bond donors (Lipinski definition) is 2. The molecule has 0 radical (unpaired) electrons. The summed E-state index contributed by atoms with van der Waals surface area (Å²) in [4.78, 5) is 0. The van der Waals surface area contributed by atoms with Crippen LogP contribution in [0.5, 0.6) is 0 Å². The second-order valence-corrected chi connectivity index (χ2v) is 4.27. The van der Waals surface area contributed by atoms with E-state index in [9.17, 15) is 8.78 Å². The summed E-state index contributed by atoms with van der Waals surface area (Å²) in [5, 5.41) is 3.28. The van der Waals surface area contributed by atoms with Crippen LogP contribution < -0.4 is 11.1 Å². The van der Waals surface area contributed by atoms with Crippen molar-refractivity contribution in [2.45, 2.75) is 12.5 Å². The molecule has 0 saturated heterocycles. The molecule has 100 valence electrons. The minimum absolute atomic E-state index is 0.0271. The van der Waals surface area contributed by atoms with Crippen molar-refractivity contribution in [1.82, 2.24) is 0 Å². The Morgan fingerprint density at radius 2 is 1.47 bits per heavy atom. The first-order valence-corrected chi connectivity index (χ1v) is 6.10. The molecule has 0 aliphatic rings. The van der Waals surface area contributed by atoms with Gasteiger partial charge in [0.2, 0.25) is 0 Å². The van der Waals surface area contributed by atoms with Crippen molar-refractivity contribution in [1.29, 1.82) is 0 Å². The van der Waals surface area contributed by atoms with Gasteiger partial charge in [0, 0.05) is 17.8 Å². The molecule has 0 saturated carbocycles. The fourth-order valence-electron chi connectivity index (χ4n) is 1.89. The van der Waals surface area contributed by atoms with E-state index in [0.717, 1.165) is 11.3 Å². The molecule has 1 atom stereocenters. The third-order valence-corrected chi connectivity index (χ3v) is 2.94. The molecule has 0 heterocycles. The molecule has 0 aliphatic carbocycles. The lowest BCUT2D eigenvalue weighted by molar-refractivity contribution is 0.151. The zero-order valence-electron chi connectivity index (χ0n) is 10.4. The van der Waals surface area contributed by atoms with E-state index in [1.165, 1.54) is 12.1 Å². The van der Waals surface area contributed by atoms with E-state index < -0.39 is 6.43 Å². The number of hydrogen-bond acceptors (Lipinski definition) is 2. The summed E-state index contributed by atoms with van der Waals surface area (Å²) in [7, 11) is 0. The SMILES string of the molecule is NCC(Nc1ccccc1)c1ccc(C(F)F)cc1. The molecule has 2 rings (SSSR count). The van der Waals surface area contributed by atoms with Crippen LogP contribution in [0, 0.1) is 0 Å². The van der Waals surface area contributed by atoms with Crippen LogP contribution in [0.1, 0.15) is 23.6 Å². The summed E-state index contributed by atoms with van der Waals surface area (Å²) in [6.07, 6.45) is -2.44. The van der Waals surface area contributed by atoms with Gasteiger partial charge in [0.15, 0.2) is 0 Å². The van der Waals surface area contributed by atoms with Crippen LogP contribution in [0.3, 0.4) is 0 Å². The molecular weight excluding hydrogens is 246 g/mol. The van der Waals surface area contributed by atoms with Gasteiger partial charge in [0.1, 0.15) is 0 Å². The molecule has 0 aromatic heterocycles. The van der Waals surface area contributed by atoms with Crippen LogP contribution in [-0.4, -0.2) is 6.54 Å². The number of nitrogens with two attached hydrogens (primary N) is 1. The quantitative estimate of drug-likeness (QED) is 0.861. The Morgan fingerprint density at radius 1 is 0.895 bits per heavy atom. The van der Waals surface area contributed by atoms with Gasteiger partial charge < -0.3 is 11.1 Å². The maximum absolute atomic E-state index is 12.5. The highest BCUT2D eigenvalue weighted by Crippen LogP contribution is 2.23. The Morgan fingerprint density at radius 3 is 2.00 bits per heavy atom. The molecule has 0 bridgehead atoms. The van der Waals surface area contributed by atoms with E-state index in [0.29, 0.717) is 6.54 Å². The number of alkyl halides is 2. The van der Waals surface area contributed by atoms with Gasteiger partial charge in [-0.05, 0) is 17.7 Å². The van der Waals surface area contributed by atoms with E-state index in [1.807, 2.05) is 30.3 Å². The van der Waals surface area contributed by atoms with E-state index in [1.54, 1.807) is 12.1 Å². The van der Waals surface area contributed by atoms with Crippen LogP contribution in [0.2, 0.25) is 0 Å². The summed E-state index contributed by atoms with van der Waals surface area (Å²) < 4.78 is 25.0. The molecule has 0 amide bonds. The van der Waals surface area contributed by atoms with Gasteiger partial charge in [-0.3, -0.25) is 0 Å². The number of nitrogens with one attached hydrogen (secondary N) is 1. The zero-order valence-corrected chi connectivity index (χ0v) is 10.4. The first-order valence-electron chi connectivity index (χ1n) is 6.10. The van der Waals surface area contributed by atoms with Crippen LogP contribution in [0.4, 0.5) is 14.5 Å². The lowest BCUT2D eigenvalue weighted by Gasteiger charge is -2.19. The number of anilines is 1. The van der Waals surface area contributed by atoms with Crippen molar-refractivity contribution < 1.29 is 8.78 Å². The predicted molar refractivity (Wildman–Crippen MR) is 73.3 cm³/mol. The minimum Gasteiger partial charge on any atom is -0.377 e. The second kappa shape index (κ2) is 6.29. The van der Waals surface area contributed by atoms with Crippen LogP contribution >= 0.6 is 0 Å². The highest BCUT2D eigenvalue weighted by atomic mass is 19.3. The minimum atomic E-state index is -2.44. The molecule has 3 N–H and O–H groups in total. The van der Waals surface area contributed by atoms with Crippen LogP contribution in [0.15, 0.2) is 54.6 Å². The maximum atomic E-state index is 12.5. The fraction of sp³-hybridized carbons (Fsp3) is 0.200. The van der Waals surface area contributed by atoms with Crippen molar-refractivity contribution in [2.24, 2.45) is 5.73 Å². The summed E-state index contributed by atoms with van der Waals surface area (Å²) in [5.41, 5.74) is 7.62. The van der Waals surface area contributed by atoms with Gasteiger partial charge in [0.25, 0.3) is 6.43 Å². The monoisotopic (exact) mass is 262 g/mol. The summed E-state index contributed by atoms with van der Waals surface area (Å²) in [6, 6.07) is 15.8. The third-order valence-electron chi connectivity index (χ3n) is 2.94. The molecular formula is C15H16F2N2. The van der Waals surface area contributed by atoms with Crippen LogP contribution in [0.25, 0.3) is 0 Å². The van der Waals surface area contributed by atoms with Gasteiger partial charge in [-0.15, -0.1) is 0 Å². The normalized spacial score (nSPS) is 12.4. The molecule has 0 spiro atoms. The number of halogens is 2. The summed E-state index contributed by atoms with van der Waals surface area (Å²) in [5.74, 6) is 0. The topological polar surface area (TPSA) is 38.0 Å². The summed E-state index contributed by atoms with van der Waals surface area (Å²) in [6.45, 7) is 0.392. The van der Waals surface area contributed by atoms with E-state index in [-0.39, 0.29) is 11.6 Å². The van der Waals surface area contributed by atoms with Gasteiger partial charge in [-0.25, -0.2) is 8.78 Å². The Labute approximate surface area is 111 Å². The first-order chi connectivity index (χ1) is 9.20. The lowest BCUT2D eigenvalue weighted by Crippen LogP contribution is -2.20. The first kappa shape index (κ1) is 13.5. The van der Waals surface area contributed by atoms with Gasteiger partial charge in [-0.2, -0.15) is 0 Å². The number of para-hydroxylation sites is 1. The third kappa shape index (κ3) is 3.51. The number of rotatable bonds is 5. The zero-order chi connectivity index (χ0) is 13.7. The standard InChI is InChI=1S/C15H16F2N2/c16-15(17)12-8-6-11(7-9-12)14(10-18)19-13-4-2-1-3-5-13/h1-9,14-15,19H,10,18H2. The summed E-state index contributed by atoms with van der Waals surface area (Å²) >= 11 is 0. The predicted octanol–water partition coefficient (Wildman–Crippen LogP) is 3.74. The smallest absolute Gasteiger partial charge is 0.263 e. The van der Waals surface area contributed by atoms with E-state index in [4.69, 9.17) is 5.73 Å². The van der Waals surface area contributed by atoms with Gasteiger partial charge >= 0.3 is 0 Å². The fourth-order valence-corrected chi connectivity index (χ4v) is 1.89. The van der Waals surface area contributed by atoms with Crippen LogP contribution in [-0.2, 0) is 0 Å². The Bertz CT molecular complexity index is 497. The molecule has 2 aromatic rings. The molecule has 19 heavy (non-hydrogen) atoms. The molecule has 2 nitrogen and oxygen atoms in total. The Hall–Kier alpha value is -1.94. The lowest BCUT2D eigenvalue weighted by atomic mass is 10.0. The molecule has 1 unspecified atom stereocenters. The van der Waals surface area contributed by atoms with Gasteiger partial charge in [-0.1, -0.05) is 42.5 Å². The van der Waals surface area contributed by atoms with E-state index in [2.05, 4.69) is 5.32 Å². The molecule has 2 aromatic carbocycles. The van der Waals surface area contributed by atoms with Crippen molar-refractivity contribution in [3.63, 3.8) is 0 Å². The maximum Gasteiger partial charge on any atom is 0.263 e. The highest BCUT2D eigenvalue weighted by Gasteiger charge is 2.11. The van der Waals surface area contributed by atoms with Crippen molar-refractivity contribution >= 4 is 5.69 Å². The number of benzene rings is 2. The van der Waals surface area contributed by atoms with Crippen molar-refractivity contribution in [3.05, 3.63) is 65.7 Å². The largest absolute Gasteiger partial charge is 0.377 e. The highest BCUT2D eigenvalue weighted by molar-refractivity contribution is 5.45.